The average molecular weight is 390 g/mol. The van der Waals surface area contributed by atoms with Gasteiger partial charge in [0.2, 0.25) is 0 Å². The minimum absolute atomic E-state index is 0.119. The highest BCUT2D eigenvalue weighted by Crippen LogP contribution is 2.59. The zero-order chi connectivity index (χ0) is 13.3. The van der Waals surface area contributed by atoms with E-state index < -0.39 is 0 Å². The summed E-state index contributed by atoms with van der Waals surface area (Å²) in [6.07, 6.45) is 3.71. The molecule has 3 fully saturated rings. The normalized spacial score (nSPS) is 44.2. The Morgan fingerprint density at radius 3 is 1.95 bits per heavy atom. The summed E-state index contributed by atoms with van der Waals surface area (Å²) in [5.41, 5.74) is 0. The van der Waals surface area contributed by atoms with E-state index in [0.29, 0.717) is 0 Å². The molecule has 3 aliphatic rings. The van der Waals surface area contributed by atoms with E-state index in [4.69, 9.17) is 0 Å². The minimum Gasteiger partial charge on any atom is -0.272 e. The van der Waals surface area contributed by atoms with Crippen LogP contribution in [0.25, 0.3) is 0 Å². The van der Waals surface area contributed by atoms with Crippen LogP contribution in [-0.4, -0.2) is 36.3 Å². The van der Waals surface area contributed by atoms with E-state index in [-0.39, 0.29) is 45.1 Å². The van der Waals surface area contributed by atoms with Crippen LogP contribution in [0.4, 0.5) is 0 Å². The van der Waals surface area contributed by atoms with Crippen molar-refractivity contribution in [3.63, 3.8) is 0 Å². The van der Waals surface area contributed by atoms with Gasteiger partial charge < -0.3 is 0 Å². The standard InChI is InChI=1S/C11H10Br2N4O2/c12-8-4-1-5(9(8)13)7-6(4)10(18)17(11(7)19)16-2-14-15-3-16/h2-9H,1H2/t4-,5-,6+,7+,8-,9-/m1/s1. The van der Waals surface area contributed by atoms with Crippen molar-refractivity contribution in [3.05, 3.63) is 12.7 Å². The number of imide groups is 1. The summed E-state index contributed by atoms with van der Waals surface area (Å²) in [6, 6.07) is 0. The van der Waals surface area contributed by atoms with Crippen LogP contribution in [0, 0.1) is 23.7 Å². The minimum atomic E-state index is -0.196. The number of alkyl halides is 2. The summed E-state index contributed by atoms with van der Waals surface area (Å²) in [6.45, 7) is 0. The average Bonchev–Trinajstić information content (AvgIpc) is 3.10. The van der Waals surface area contributed by atoms with Gasteiger partial charge in [0.1, 0.15) is 12.7 Å². The second kappa shape index (κ2) is 3.88. The van der Waals surface area contributed by atoms with Crippen LogP contribution in [0.3, 0.4) is 0 Å². The molecule has 8 heteroatoms. The number of carbonyl (C=O) groups excluding carboxylic acids is 2. The lowest BCUT2D eigenvalue weighted by atomic mass is 9.81. The molecule has 19 heavy (non-hydrogen) atoms. The molecule has 2 bridgehead atoms. The van der Waals surface area contributed by atoms with Crippen LogP contribution >= 0.6 is 31.9 Å². The van der Waals surface area contributed by atoms with Crippen LogP contribution in [0.2, 0.25) is 0 Å². The van der Waals surface area contributed by atoms with Gasteiger partial charge in [-0.3, -0.25) is 9.59 Å². The van der Waals surface area contributed by atoms with Gasteiger partial charge in [-0.25, -0.2) is 4.68 Å². The van der Waals surface area contributed by atoms with Gasteiger partial charge in [0.05, 0.1) is 11.8 Å². The quantitative estimate of drug-likeness (QED) is 0.523. The van der Waals surface area contributed by atoms with Crippen molar-refractivity contribution in [1.29, 1.82) is 0 Å². The highest BCUT2D eigenvalue weighted by atomic mass is 79.9. The Morgan fingerprint density at radius 2 is 1.47 bits per heavy atom. The summed E-state index contributed by atoms with van der Waals surface area (Å²) in [5.74, 6) is -0.164. The summed E-state index contributed by atoms with van der Waals surface area (Å²) in [5, 5.41) is 8.52. The Labute approximate surface area is 125 Å². The molecular weight excluding hydrogens is 380 g/mol. The third-order valence-electron chi connectivity index (χ3n) is 4.60. The number of rotatable bonds is 1. The van der Waals surface area contributed by atoms with Crippen LogP contribution in [0.15, 0.2) is 12.7 Å². The summed E-state index contributed by atoms with van der Waals surface area (Å²) < 4.78 is 1.38. The maximum atomic E-state index is 12.5. The number of halogens is 2. The van der Waals surface area contributed by atoms with E-state index in [2.05, 4.69) is 42.1 Å². The predicted octanol–water partition coefficient (Wildman–Crippen LogP) is 0.692. The number of carbonyl (C=O) groups is 2. The molecule has 1 aromatic heterocycles. The predicted molar refractivity (Wildman–Crippen MR) is 72.3 cm³/mol. The number of nitrogens with zero attached hydrogens (tertiary/aromatic N) is 4. The number of amides is 2. The largest absolute Gasteiger partial charge is 0.272 e. The first-order valence-electron chi connectivity index (χ1n) is 6.12. The molecule has 6 atom stereocenters. The first-order chi connectivity index (χ1) is 9.11. The van der Waals surface area contributed by atoms with E-state index in [1.165, 1.54) is 22.3 Å². The van der Waals surface area contributed by atoms with Gasteiger partial charge in [-0.15, -0.1) is 10.2 Å². The second-order valence-corrected chi connectivity index (χ2v) is 7.45. The van der Waals surface area contributed by atoms with Crippen molar-refractivity contribution >= 4 is 43.7 Å². The molecule has 1 saturated heterocycles. The van der Waals surface area contributed by atoms with E-state index in [1.807, 2.05) is 0 Å². The number of hydrogen-bond donors (Lipinski definition) is 0. The first-order valence-corrected chi connectivity index (χ1v) is 7.95. The van der Waals surface area contributed by atoms with Crippen LogP contribution in [0.1, 0.15) is 6.42 Å². The van der Waals surface area contributed by atoms with Crippen molar-refractivity contribution < 1.29 is 9.59 Å². The zero-order valence-corrected chi connectivity index (χ0v) is 12.9. The molecule has 1 aromatic rings. The topological polar surface area (TPSA) is 68.1 Å². The lowest BCUT2D eigenvalue weighted by Crippen LogP contribution is -2.41. The third kappa shape index (κ3) is 1.36. The third-order valence-corrected chi connectivity index (χ3v) is 7.81. The molecule has 2 aliphatic carbocycles. The maximum absolute atomic E-state index is 12.5. The summed E-state index contributed by atoms with van der Waals surface area (Å²) in [4.78, 5) is 25.6. The van der Waals surface area contributed by atoms with Crippen molar-refractivity contribution in [1.82, 2.24) is 14.9 Å². The van der Waals surface area contributed by atoms with Crippen LogP contribution in [0.5, 0.6) is 0 Å². The number of hydrogen-bond acceptors (Lipinski definition) is 4. The van der Waals surface area contributed by atoms with Crippen LogP contribution < -0.4 is 5.01 Å². The Kier molecular flexibility index (Phi) is 2.45. The van der Waals surface area contributed by atoms with E-state index >= 15 is 0 Å². The first kappa shape index (κ1) is 12.0. The van der Waals surface area contributed by atoms with Crippen LogP contribution in [-0.2, 0) is 9.59 Å². The fraction of sp³-hybridized carbons (Fsp3) is 0.636. The van der Waals surface area contributed by atoms with E-state index in [0.717, 1.165) is 6.42 Å². The highest BCUT2D eigenvalue weighted by molar-refractivity contribution is 9.12. The fourth-order valence-electron chi connectivity index (χ4n) is 3.86. The monoisotopic (exact) mass is 388 g/mol. The van der Waals surface area contributed by atoms with Gasteiger partial charge in [-0.05, 0) is 18.3 Å². The lowest BCUT2D eigenvalue weighted by molar-refractivity contribution is -0.125. The molecule has 0 unspecified atom stereocenters. The molecule has 0 N–H and O–H groups in total. The van der Waals surface area contributed by atoms with Gasteiger partial charge in [-0.1, -0.05) is 31.9 Å². The number of fused-ring (bicyclic) bond motifs is 5. The van der Waals surface area contributed by atoms with E-state index in [1.54, 1.807) is 0 Å². The molecular formula is C11H10Br2N4O2. The van der Waals surface area contributed by atoms with Crippen molar-refractivity contribution in [3.8, 4) is 0 Å². The molecule has 2 saturated carbocycles. The Morgan fingerprint density at radius 1 is 1.00 bits per heavy atom. The summed E-state index contributed by atoms with van der Waals surface area (Å²) in [7, 11) is 0. The Hall–Kier alpha value is -0.760. The molecule has 0 spiro atoms. The lowest BCUT2D eigenvalue weighted by Gasteiger charge is -2.28. The van der Waals surface area contributed by atoms with Gasteiger partial charge in [0.25, 0.3) is 11.8 Å². The molecule has 100 valence electrons. The van der Waals surface area contributed by atoms with Crippen molar-refractivity contribution in [2.45, 2.75) is 16.1 Å². The molecule has 2 amide bonds. The van der Waals surface area contributed by atoms with Gasteiger partial charge in [0, 0.05) is 9.65 Å². The van der Waals surface area contributed by atoms with E-state index in [9.17, 15) is 9.59 Å². The summed E-state index contributed by atoms with van der Waals surface area (Å²) >= 11 is 7.31. The molecule has 4 rings (SSSR count). The molecule has 6 nitrogen and oxygen atoms in total. The molecule has 2 heterocycles. The highest BCUT2D eigenvalue weighted by Gasteiger charge is 2.66. The molecule has 0 aromatic carbocycles. The van der Waals surface area contributed by atoms with Gasteiger partial charge in [-0.2, -0.15) is 5.01 Å². The fourth-order valence-corrected chi connectivity index (χ4v) is 5.73. The van der Waals surface area contributed by atoms with Crippen molar-refractivity contribution in [2.24, 2.45) is 23.7 Å². The number of aromatic nitrogens is 3. The van der Waals surface area contributed by atoms with Crippen molar-refractivity contribution in [2.75, 3.05) is 5.01 Å². The maximum Gasteiger partial charge on any atom is 0.252 e. The molecule has 0 radical (unpaired) electrons. The second-order valence-electron chi connectivity index (χ2n) is 5.33. The van der Waals surface area contributed by atoms with Gasteiger partial charge >= 0.3 is 0 Å². The Balaban J connectivity index is 1.76. The zero-order valence-electron chi connectivity index (χ0n) is 9.69. The van der Waals surface area contributed by atoms with Gasteiger partial charge in [0.15, 0.2) is 0 Å². The smallest absolute Gasteiger partial charge is 0.252 e. The molecule has 1 aliphatic heterocycles. The Bertz CT molecular complexity index is 531. The SMILES string of the molecule is O=C1[C@H]2[C@H]3C[C@@H]([C@@H](Br)[C@@H]3Br)[C@@H]2C(=O)N1n1cnnc1.